The van der Waals surface area contributed by atoms with Crippen LogP contribution >= 0.6 is 0 Å². The number of hydrogen-bond donors (Lipinski definition) is 1. The second-order valence-corrected chi connectivity index (χ2v) is 8.32. The fourth-order valence-corrected chi connectivity index (χ4v) is 3.48. The van der Waals surface area contributed by atoms with Gasteiger partial charge in [0, 0.05) is 0 Å². The predicted molar refractivity (Wildman–Crippen MR) is 107 cm³/mol. The van der Waals surface area contributed by atoms with Crippen molar-refractivity contribution < 1.29 is 19.3 Å². The van der Waals surface area contributed by atoms with Crippen molar-refractivity contribution in [2.24, 2.45) is 0 Å². The van der Waals surface area contributed by atoms with Crippen LogP contribution in [0.3, 0.4) is 0 Å². The number of unbranched alkanes of at least 4 members (excludes halogenated alkanes) is 11. The summed E-state index contributed by atoms with van der Waals surface area (Å²) < 4.78 is 16.7. The smallest absolute Gasteiger partial charge is 0.163 e. The number of hydrogen-bond acceptors (Lipinski definition) is 4. The van der Waals surface area contributed by atoms with Gasteiger partial charge in [-0.05, 0) is 20.3 Å². The lowest BCUT2D eigenvalue weighted by Crippen LogP contribution is -2.26. The van der Waals surface area contributed by atoms with Crippen molar-refractivity contribution in [3.05, 3.63) is 0 Å². The first kappa shape index (κ1) is 23.9. The standard InChI is InChI=1S/C22H44O4/c1-4-5-6-7-8-9-10-11-12-13-14-15-16-20(23)17-24-18-21-19-25-22(2,3)26-21/h20-21,23H,4-19H2,1-3H3. The van der Waals surface area contributed by atoms with E-state index in [0.717, 1.165) is 12.8 Å². The van der Waals surface area contributed by atoms with Gasteiger partial charge in [-0.2, -0.15) is 0 Å². The molecular formula is C22H44O4. The average Bonchev–Trinajstić information content (AvgIpc) is 2.95. The van der Waals surface area contributed by atoms with Crippen LogP contribution < -0.4 is 0 Å². The normalized spacial score (nSPS) is 20.5. The van der Waals surface area contributed by atoms with E-state index in [0.29, 0.717) is 19.8 Å². The van der Waals surface area contributed by atoms with Crippen molar-refractivity contribution in [1.29, 1.82) is 0 Å². The van der Waals surface area contributed by atoms with E-state index in [2.05, 4.69) is 6.92 Å². The van der Waals surface area contributed by atoms with Crippen LogP contribution in [-0.4, -0.2) is 42.9 Å². The lowest BCUT2D eigenvalue weighted by atomic mass is 10.0. The lowest BCUT2D eigenvalue weighted by molar-refractivity contribution is -0.146. The van der Waals surface area contributed by atoms with Crippen molar-refractivity contribution in [2.45, 2.75) is 122 Å². The van der Waals surface area contributed by atoms with Gasteiger partial charge in [-0.3, -0.25) is 0 Å². The molecule has 0 amide bonds. The highest BCUT2D eigenvalue weighted by molar-refractivity contribution is 4.70. The summed E-state index contributed by atoms with van der Waals surface area (Å²) in [6, 6.07) is 0. The SMILES string of the molecule is CCCCCCCCCCCCCCC(O)COCC1COC(C)(C)O1. The minimum Gasteiger partial charge on any atom is -0.391 e. The number of rotatable bonds is 17. The second kappa shape index (κ2) is 14.8. The molecule has 26 heavy (non-hydrogen) atoms. The van der Waals surface area contributed by atoms with Crippen molar-refractivity contribution >= 4 is 0 Å². The quantitative estimate of drug-likeness (QED) is 0.337. The van der Waals surface area contributed by atoms with Gasteiger partial charge in [0.1, 0.15) is 6.10 Å². The van der Waals surface area contributed by atoms with Crippen LogP contribution in [0.25, 0.3) is 0 Å². The van der Waals surface area contributed by atoms with E-state index in [4.69, 9.17) is 14.2 Å². The van der Waals surface area contributed by atoms with Crippen molar-refractivity contribution in [3.8, 4) is 0 Å². The van der Waals surface area contributed by atoms with Crippen LogP contribution in [0.4, 0.5) is 0 Å². The lowest BCUT2D eigenvalue weighted by Gasteiger charge is -2.17. The molecule has 156 valence electrons. The Hall–Kier alpha value is -0.160. The van der Waals surface area contributed by atoms with Gasteiger partial charge >= 0.3 is 0 Å². The molecule has 0 spiro atoms. The van der Waals surface area contributed by atoms with E-state index < -0.39 is 5.79 Å². The number of aliphatic hydroxyl groups excluding tert-OH is 1. The minimum atomic E-state index is -0.498. The summed E-state index contributed by atoms with van der Waals surface area (Å²) in [5, 5.41) is 9.99. The Bertz CT molecular complexity index is 319. The molecule has 1 aliphatic heterocycles. The van der Waals surface area contributed by atoms with Gasteiger partial charge < -0.3 is 19.3 Å². The van der Waals surface area contributed by atoms with Gasteiger partial charge in [0.25, 0.3) is 0 Å². The average molecular weight is 373 g/mol. The zero-order chi connectivity index (χ0) is 19.1. The first-order valence-electron chi connectivity index (χ1n) is 11.1. The van der Waals surface area contributed by atoms with Crippen LogP contribution in [-0.2, 0) is 14.2 Å². The van der Waals surface area contributed by atoms with Crippen LogP contribution in [0.15, 0.2) is 0 Å². The van der Waals surface area contributed by atoms with Gasteiger partial charge in [0.15, 0.2) is 5.79 Å². The summed E-state index contributed by atoms with van der Waals surface area (Å²) in [6.45, 7) is 7.57. The molecule has 1 saturated heterocycles. The van der Waals surface area contributed by atoms with Crippen molar-refractivity contribution in [3.63, 3.8) is 0 Å². The summed E-state index contributed by atoms with van der Waals surface area (Å²) in [7, 11) is 0. The highest BCUT2D eigenvalue weighted by Gasteiger charge is 2.32. The molecule has 1 aliphatic rings. The third-order valence-corrected chi connectivity index (χ3v) is 5.07. The Balaban J connectivity index is 1.79. The molecule has 2 unspecified atom stereocenters. The Kier molecular flexibility index (Phi) is 13.6. The second-order valence-electron chi connectivity index (χ2n) is 8.32. The van der Waals surface area contributed by atoms with E-state index in [-0.39, 0.29) is 12.2 Å². The molecule has 1 heterocycles. The van der Waals surface area contributed by atoms with Gasteiger partial charge in [0.05, 0.1) is 25.9 Å². The molecule has 0 aromatic rings. The first-order valence-corrected chi connectivity index (χ1v) is 11.1. The number of ether oxygens (including phenoxy) is 3. The largest absolute Gasteiger partial charge is 0.391 e. The third-order valence-electron chi connectivity index (χ3n) is 5.07. The molecule has 4 nitrogen and oxygen atoms in total. The Labute approximate surface area is 162 Å². The van der Waals surface area contributed by atoms with E-state index in [1.807, 2.05) is 13.8 Å². The Morgan fingerprint density at radius 2 is 1.46 bits per heavy atom. The molecule has 0 saturated carbocycles. The molecule has 0 radical (unpaired) electrons. The molecule has 0 aromatic carbocycles. The Morgan fingerprint density at radius 1 is 0.923 bits per heavy atom. The minimum absolute atomic E-state index is 0.0103. The predicted octanol–water partition coefficient (Wildman–Crippen LogP) is 5.61. The number of aliphatic hydroxyl groups is 1. The molecule has 0 bridgehead atoms. The first-order chi connectivity index (χ1) is 12.5. The van der Waals surface area contributed by atoms with E-state index in [1.54, 1.807) is 0 Å². The molecule has 1 rings (SSSR count). The summed E-state index contributed by atoms with van der Waals surface area (Å²) in [6.07, 6.45) is 16.6. The van der Waals surface area contributed by atoms with E-state index >= 15 is 0 Å². The maximum absolute atomic E-state index is 9.99. The molecule has 1 N–H and O–H groups in total. The zero-order valence-corrected chi connectivity index (χ0v) is 17.6. The van der Waals surface area contributed by atoms with Crippen LogP contribution in [0.2, 0.25) is 0 Å². The maximum Gasteiger partial charge on any atom is 0.163 e. The van der Waals surface area contributed by atoms with Gasteiger partial charge in [0.2, 0.25) is 0 Å². The summed E-state index contributed by atoms with van der Waals surface area (Å²) in [5.74, 6) is -0.498. The summed E-state index contributed by atoms with van der Waals surface area (Å²) in [4.78, 5) is 0. The summed E-state index contributed by atoms with van der Waals surface area (Å²) in [5.41, 5.74) is 0. The highest BCUT2D eigenvalue weighted by Crippen LogP contribution is 2.22. The van der Waals surface area contributed by atoms with Gasteiger partial charge in [-0.15, -0.1) is 0 Å². The molecule has 4 heteroatoms. The zero-order valence-electron chi connectivity index (χ0n) is 17.6. The molecule has 0 aliphatic carbocycles. The molecular weight excluding hydrogens is 328 g/mol. The van der Waals surface area contributed by atoms with Crippen LogP contribution in [0, 0.1) is 0 Å². The fourth-order valence-electron chi connectivity index (χ4n) is 3.48. The molecule has 2 atom stereocenters. The summed E-state index contributed by atoms with van der Waals surface area (Å²) >= 11 is 0. The topological polar surface area (TPSA) is 47.9 Å². The monoisotopic (exact) mass is 372 g/mol. The van der Waals surface area contributed by atoms with Crippen molar-refractivity contribution in [1.82, 2.24) is 0 Å². The fraction of sp³-hybridized carbons (Fsp3) is 1.00. The van der Waals surface area contributed by atoms with Crippen molar-refractivity contribution in [2.75, 3.05) is 19.8 Å². The van der Waals surface area contributed by atoms with Gasteiger partial charge in [-0.1, -0.05) is 84.0 Å². The van der Waals surface area contributed by atoms with Gasteiger partial charge in [-0.25, -0.2) is 0 Å². The van der Waals surface area contributed by atoms with Crippen LogP contribution in [0.1, 0.15) is 104 Å². The van der Waals surface area contributed by atoms with E-state index in [1.165, 1.54) is 70.6 Å². The van der Waals surface area contributed by atoms with Crippen LogP contribution in [0.5, 0.6) is 0 Å². The Morgan fingerprint density at radius 3 is 1.96 bits per heavy atom. The third kappa shape index (κ3) is 13.1. The molecule has 0 aromatic heterocycles. The molecule has 1 fully saturated rings. The highest BCUT2D eigenvalue weighted by atomic mass is 16.7. The maximum atomic E-state index is 9.99. The van der Waals surface area contributed by atoms with E-state index in [9.17, 15) is 5.11 Å².